The van der Waals surface area contributed by atoms with Gasteiger partial charge in [0.25, 0.3) is 5.91 Å². The third-order valence-electron chi connectivity index (χ3n) is 7.15. The maximum Gasteiger partial charge on any atom is 0.256 e. The third kappa shape index (κ3) is 6.60. The van der Waals surface area contributed by atoms with Crippen LogP contribution in [-0.4, -0.2) is 100 Å². The molecule has 0 aromatic carbocycles. The molecule has 204 valence electrons. The Balaban J connectivity index is 2.16. The van der Waals surface area contributed by atoms with Crippen LogP contribution in [0.1, 0.15) is 40.5 Å². The number of hydrogen-bond donors (Lipinski definition) is 3. The first-order valence-corrected chi connectivity index (χ1v) is 11.8. The van der Waals surface area contributed by atoms with E-state index in [1.54, 1.807) is 13.8 Å². The molecule has 2 saturated heterocycles. The summed E-state index contributed by atoms with van der Waals surface area (Å²) in [6.07, 6.45) is -5.93. The molecule has 0 saturated carbocycles. The van der Waals surface area contributed by atoms with Crippen LogP contribution >= 0.6 is 0 Å². The number of amides is 1. The van der Waals surface area contributed by atoms with E-state index < -0.39 is 54.2 Å². The molecule has 2 aliphatic rings. The van der Waals surface area contributed by atoms with Gasteiger partial charge in [0.05, 0.1) is 18.8 Å². The Morgan fingerprint density at radius 3 is 2.40 bits per heavy atom. The maximum atomic E-state index is 13.1. The zero-order chi connectivity index (χ0) is 26.6. The quantitative estimate of drug-likeness (QED) is 0.275. The summed E-state index contributed by atoms with van der Waals surface area (Å²) in [5.41, 5.74) is 0.0250. The number of rotatable bonds is 11. The smallest absolute Gasteiger partial charge is 0.256 e. The van der Waals surface area contributed by atoms with Gasteiger partial charge in [-0.1, -0.05) is 32.9 Å². The van der Waals surface area contributed by atoms with Crippen molar-refractivity contribution < 1.29 is 48.2 Å². The molecule has 11 heteroatoms. The van der Waals surface area contributed by atoms with Crippen molar-refractivity contribution >= 4 is 5.91 Å². The summed E-state index contributed by atoms with van der Waals surface area (Å²) < 4.78 is 39.3. The maximum absolute atomic E-state index is 13.1. The van der Waals surface area contributed by atoms with Crippen molar-refractivity contribution in [1.29, 1.82) is 0 Å². The molecule has 11 nitrogen and oxygen atoms in total. The highest BCUT2D eigenvalue weighted by Crippen LogP contribution is 2.40. The Hall–Kier alpha value is -1.15. The number of nitrogens with one attached hydrogen (secondary N) is 1. The fourth-order valence-electron chi connectivity index (χ4n) is 4.29. The summed E-state index contributed by atoms with van der Waals surface area (Å²) in [4.78, 5) is 13.1. The van der Waals surface area contributed by atoms with Gasteiger partial charge < -0.3 is 48.7 Å². The Bertz CT molecular complexity index is 718. The predicted molar refractivity (Wildman–Crippen MR) is 125 cm³/mol. The van der Waals surface area contributed by atoms with E-state index in [0.717, 1.165) is 5.57 Å². The van der Waals surface area contributed by atoms with Crippen LogP contribution in [0, 0.1) is 11.3 Å². The van der Waals surface area contributed by atoms with E-state index >= 15 is 0 Å². The van der Waals surface area contributed by atoms with Gasteiger partial charge in [-0.3, -0.25) is 4.79 Å². The summed E-state index contributed by atoms with van der Waals surface area (Å²) >= 11 is 0. The molecule has 0 aromatic rings. The average molecular weight is 506 g/mol. The molecule has 0 bridgehead atoms. The van der Waals surface area contributed by atoms with Gasteiger partial charge in [0, 0.05) is 52.6 Å². The second-order valence-electron chi connectivity index (χ2n) is 9.87. The van der Waals surface area contributed by atoms with E-state index in [4.69, 9.17) is 33.2 Å². The SMILES string of the molecule is C=C1C[C@](OC)([C@H](O)C(=O)N[C@@H](OC)[C@@H]2C[C@@H](O)C(C)(C)[C@@H](O[C@@H](COC)OC)O2)O[C@H](C)[C@@H]1C. The van der Waals surface area contributed by atoms with Crippen LogP contribution in [0.15, 0.2) is 12.2 Å². The molecule has 35 heavy (non-hydrogen) atoms. The lowest BCUT2D eigenvalue weighted by Crippen LogP contribution is -2.62. The van der Waals surface area contributed by atoms with Gasteiger partial charge in [-0.05, 0) is 6.92 Å². The fraction of sp³-hybridized carbons (Fsp3) is 0.875. The van der Waals surface area contributed by atoms with Gasteiger partial charge in [0.1, 0.15) is 6.10 Å². The van der Waals surface area contributed by atoms with Gasteiger partial charge in [-0.15, -0.1) is 0 Å². The molecule has 9 atom stereocenters. The number of hydrogen-bond acceptors (Lipinski definition) is 10. The fourth-order valence-corrected chi connectivity index (χ4v) is 4.29. The number of ether oxygens (including phenoxy) is 7. The van der Waals surface area contributed by atoms with E-state index in [9.17, 15) is 15.0 Å². The topological polar surface area (TPSA) is 134 Å². The first-order chi connectivity index (χ1) is 16.4. The second kappa shape index (κ2) is 12.4. The Labute approximate surface area is 208 Å². The Kier molecular flexibility index (Phi) is 10.7. The molecule has 2 fully saturated rings. The normalized spacial score (nSPS) is 35.8. The van der Waals surface area contributed by atoms with E-state index in [0.29, 0.717) is 0 Å². The van der Waals surface area contributed by atoms with Gasteiger partial charge in [0.15, 0.2) is 24.9 Å². The molecule has 0 radical (unpaired) electrons. The highest BCUT2D eigenvalue weighted by atomic mass is 16.8. The van der Waals surface area contributed by atoms with Crippen LogP contribution in [0.3, 0.4) is 0 Å². The van der Waals surface area contributed by atoms with Crippen molar-refractivity contribution in [2.24, 2.45) is 11.3 Å². The van der Waals surface area contributed by atoms with E-state index in [1.165, 1.54) is 28.4 Å². The highest BCUT2D eigenvalue weighted by molar-refractivity contribution is 5.82. The van der Waals surface area contributed by atoms with Crippen LogP contribution in [0.4, 0.5) is 0 Å². The van der Waals surface area contributed by atoms with E-state index in [1.807, 2.05) is 13.8 Å². The number of methoxy groups -OCH3 is 4. The second-order valence-corrected chi connectivity index (χ2v) is 9.87. The number of carbonyl (C=O) groups excluding carboxylic acids is 1. The van der Waals surface area contributed by atoms with Gasteiger partial charge in [0.2, 0.25) is 5.79 Å². The molecule has 0 spiro atoms. The molecule has 0 aromatic heterocycles. The zero-order valence-corrected chi connectivity index (χ0v) is 22.1. The molecule has 0 aliphatic carbocycles. The van der Waals surface area contributed by atoms with Crippen LogP contribution in [0.5, 0.6) is 0 Å². The van der Waals surface area contributed by atoms with Gasteiger partial charge >= 0.3 is 0 Å². The minimum Gasteiger partial charge on any atom is -0.392 e. The summed E-state index contributed by atoms with van der Waals surface area (Å²) in [6.45, 7) is 11.6. The minimum absolute atomic E-state index is 0.0479. The van der Waals surface area contributed by atoms with Crippen molar-refractivity contribution in [1.82, 2.24) is 5.32 Å². The van der Waals surface area contributed by atoms with Crippen molar-refractivity contribution in [2.45, 2.75) is 89.5 Å². The van der Waals surface area contributed by atoms with Crippen LogP contribution < -0.4 is 5.32 Å². The molecular weight excluding hydrogens is 462 g/mol. The Morgan fingerprint density at radius 2 is 1.89 bits per heavy atom. The predicted octanol–water partition coefficient (Wildman–Crippen LogP) is 0.917. The molecule has 1 amide bonds. The zero-order valence-electron chi connectivity index (χ0n) is 22.1. The lowest BCUT2D eigenvalue weighted by atomic mass is 9.80. The average Bonchev–Trinajstić information content (AvgIpc) is 2.82. The van der Waals surface area contributed by atoms with Crippen LogP contribution in [0.25, 0.3) is 0 Å². The molecule has 2 aliphatic heterocycles. The first-order valence-electron chi connectivity index (χ1n) is 11.8. The summed E-state index contributed by atoms with van der Waals surface area (Å²) in [5.74, 6) is -2.31. The Morgan fingerprint density at radius 1 is 1.23 bits per heavy atom. The number of aliphatic hydroxyl groups is 2. The van der Waals surface area contributed by atoms with Crippen molar-refractivity contribution in [3.63, 3.8) is 0 Å². The molecule has 2 heterocycles. The third-order valence-corrected chi connectivity index (χ3v) is 7.15. The summed E-state index contributed by atoms with van der Waals surface area (Å²) in [5, 5.41) is 24.4. The minimum atomic E-state index is -1.67. The van der Waals surface area contributed by atoms with Crippen molar-refractivity contribution in [3.8, 4) is 0 Å². The van der Waals surface area contributed by atoms with Gasteiger partial charge in [-0.2, -0.15) is 0 Å². The van der Waals surface area contributed by atoms with Crippen molar-refractivity contribution in [3.05, 3.63) is 12.2 Å². The highest BCUT2D eigenvalue weighted by Gasteiger charge is 2.52. The number of carbonyl (C=O) groups is 1. The standard InChI is InChI=1S/C24H43NO10/c1-13-11-24(32-9,35-15(3)14(13)2)19(27)20(28)25-21(31-8)16-10-17(26)23(4,5)22(33-16)34-18(30-7)12-29-6/h14-19,21-22,26-27H,1,10-12H2,2-9H3,(H,25,28)/t14-,15-,16+,17-,18+,19-,21+,22-,24-/m1/s1. The lowest BCUT2D eigenvalue weighted by molar-refractivity contribution is -0.337. The lowest BCUT2D eigenvalue weighted by Gasteiger charge is -2.47. The van der Waals surface area contributed by atoms with E-state index in [-0.39, 0.29) is 31.5 Å². The van der Waals surface area contributed by atoms with Crippen LogP contribution in [-0.2, 0) is 38.0 Å². The first kappa shape index (κ1) is 30.1. The van der Waals surface area contributed by atoms with Gasteiger partial charge in [-0.25, -0.2) is 0 Å². The molecule has 3 N–H and O–H groups in total. The molecule has 0 unspecified atom stereocenters. The number of aliphatic hydroxyl groups excluding tert-OH is 2. The van der Waals surface area contributed by atoms with Crippen LogP contribution in [0.2, 0.25) is 0 Å². The monoisotopic (exact) mass is 505 g/mol. The summed E-state index contributed by atoms with van der Waals surface area (Å²) in [7, 11) is 5.75. The summed E-state index contributed by atoms with van der Waals surface area (Å²) in [6, 6.07) is 0. The van der Waals surface area contributed by atoms with E-state index in [2.05, 4.69) is 11.9 Å². The molecule has 2 rings (SSSR count). The molecular formula is C24H43NO10. The van der Waals surface area contributed by atoms with Crippen molar-refractivity contribution in [2.75, 3.05) is 35.0 Å². The largest absolute Gasteiger partial charge is 0.392 e.